The van der Waals surface area contributed by atoms with Gasteiger partial charge in [0.05, 0.1) is 0 Å². The smallest absolute Gasteiger partial charge is 0.323 e. The van der Waals surface area contributed by atoms with Gasteiger partial charge < -0.3 is 5.32 Å². The first kappa shape index (κ1) is 12.2. The van der Waals surface area contributed by atoms with Gasteiger partial charge in [0.15, 0.2) is 5.16 Å². The summed E-state index contributed by atoms with van der Waals surface area (Å²) in [6, 6.07) is -0.0723. The van der Waals surface area contributed by atoms with E-state index in [0.717, 1.165) is 11.4 Å². The number of fused-ring (bicyclic) bond motifs is 1. The Morgan fingerprint density at radius 3 is 3.00 bits per heavy atom. The highest BCUT2D eigenvalue weighted by molar-refractivity contribution is 7.98. The number of nitrogens with zero attached hydrogens (tertiary/aromatic N) is 3. The van der Waals surface area contributed by atoms with Crippen LogP contribution in [-0.2, 0) is 6.54 Å². The molecule has 0 bridgehead atoms. The van der Waals surface area contributed by atoms with Crippen LogP contribution in [0.4, 0.5) is 10.6 Å². The fourth-order valence-electron chi connectivity index (χ4n) is 1.74. The summed E-state index contributed by atoms with van der Waals surface area (Å²) < 4.78 is 0. The number of rotatable bonds is 3. The zero-order chi connectivity index (χ0) is 12.4. The van der Waals surface area contributed by atoms with Crippen molar-refractivity contribution in [1.82, 2.24) is 15.3 Å². The first-order chi connectivity index (χ1) is 8.11. The summed E-state index contributed by atoms with van der Waals surface area (Å²) in [6.07, 6.45) is 3.72. The molecular formula is C11H16N4OS. The summed E-state index contributed by atoms with van der Waals surface area (Å²) in [5.41, 5.74) is 0.975. The number of hydrogen-bond donors (Lipinski definition) is 1. The monoisotopic (exact) mass is 252 g/mol. The third kappa shape index (κ3) is 2.52. The maximum atomic E-state index is 11.8. The van der Waals surface area contributed by atoms with Crippen LogP contribution in [0.1, 0.15) is 19.4 Å². The van der Waals surface area contributed by atoms with Gasteiger partial charge in [-0.2, -0.15) is 0 Å². The molecule has 0 saturated heterocycles. The zero-order valence-corrected chi connectivity index (χ0v) is 11.0. The fraction of sp³-hybridized carbons (Fsp3) is 0.545. The Labute approximate surface area is 105 Å². The number of carbonyl (C=O) groups excluding carboxylic acids is 1. The highest BCUT2D eigenvalue weighted by Crippen LogP contribution is 2.24. The number of thioether (sulfide) groups is 1. The highest BCUT2D eigenvalue weighted by atomic mass is 32.2. The Morgan fingerprint density at radius 1 is 1.59 bits per heavy atom. The molecule has 0 atom stereocenters. The Hall–Kier alpha value is -1.30. The number of urea groups is 1. The molecule has 1 aromatic rings. The van der Waals surface area contributed by atoms with Crippen LogP contribution in [0.3, 0.4) is 0 Å². The maximum Gasteiger partial charge on any atom is 0.323 e. The Bertz CT molecular complexity index is 435. The van der Waals surface area contributed by atoms with E-state index >= 15 is 0 Å². The van der Waals surface area contributed by atoms with Crippen molar-refractivity contribution in [3.8, 4) is 0 Å². The summed E-state index contributed by atoms with van der Waals surface area (Å²) in [5.74, 6) is 1.15. The minimum Gasteiger partial charge on any atom is -0.333 e. The molecule has 1 N–H and O–H groups in total. The van der Waals surface area contributed by atoms with Gasteiger partial charge in [-0.1, -0.05) is 25.6 Å². The lowest BCUT2D eigenvalue weighted by atomic mass is 10.2. The predicted octanol–water partition coefficient (Wildman–Crippen LogP) is 1.88. The average Bonchev–Trinajstić information content (AvgIpc) is 2.32. The van der Waals surface area contributed by atoms with Crippen LogP contribution in [-0.4, -0.2) is 28.8 Å². The second kappa shape index (κ2) is 4.91. The Balaban J connectivity index is 2.37. The lowest BCUT2D eigenvalue weighted by molar-refractivity contribution is 0.243. The van der Waals surface area contributed by atoms with Crippen LogP contribution >= 0.6 is 11.8 Å². The topological polar surface area (TPSA) is 58.1 Å². The van der Waals surface area contributed by atoms with Crippen molar-refractivity contribution in [3.63, 3.8) is 0 Å². The normalized spacial score (nSPS) is 14.8. The minimum atomic E-state index is -0.0723. The number of anilines is 1. The van der Waals surface area contributed by atoms with Crippen molar-refractivity contribution < 1.29 is 4.79 Å². The van der Waals surface area contributed by atoms with Gasteiger partial charge in [-0.3, -0.25) is 4.90 Å². The minimum absolute atomic E-state index is 0.0723. The summed E-state index contributed by atoms with van der Waals surface area (Å²) in [6.45, 7) is 5.34. The summed E-state index contributed by atoms with van der Waals surface area (Å²) >= 11 is 1.48. The molecule has 6 heteroatoms. The van der Waals surface area contributed by atoms with Crippen LogP contribution in [0.5, 0.6) is 0 Å². The quantitative estimate of drug-likeness (QED) is 0.659. The molecule has 2 heterocycles. The van der Waals surface area contributed by atoms with E-state index in [-0.39, 0.29) is 6.03 Å². The van der Waals surface area contributed by atoms with E-state index in [9.17, 15) is 4.79 Å². The molecule has 0 fully saturated rings. The molecule has 0 aromatic carbocycles. The van der Waals surface area contributed by atoms with Crippen molar-refractivity contribution in [2.75, 3.05) is 17.7 Å². The van der Waals surface area contributed by atoms with Crippen LogP contribution in [0.2, 0.25) is 0 Å². The zero-order valence-electron chi connectivity index (χ0n) is 10.2. The van der Waals surface area contributed by atoms with E-state index in [4.69, 9.17) is 0 Å². The summed E-state index contributed by atoms with van der Waals surface area (Å²) in [5, 5.41) is 3.53. The van der Waals surface area contributed by atoms with Gasteiger partial charge in [-0.25, -0.2) is 14.8 Å². The molecule has 0 spiro atoms. The van der Waals surface area contributed by atoms with Crippen molar-refractivity contribution in [1.29, 1.82) is 0 Å². The van der Waals surface area contributed by atoms with E-state index in [0.29, 0.717) is 24.2 Å². The van der Waals surface area contributed by atoms with E-state index in [1.54, 1.807) is 11.1 Å². The highest BCUT2D eigenvalue weighted by Gasteiger charge is 2.26. The van der Waals surface area contributed by atoms with Gasteiger partial charge >= 0.3 is 6.03 Å². The molecule has 2 amide bonds. The molecule has 0 unspecified atom stereocenters. The largest absolute Gasteiger partial charge is 0.333 e. The molecule has 1 aliphatic heterocycles. The fourth-order valence-corrected chi connectivity index (χ4v) is 2.07. The number of aromatic nitrogens is 2. The molecule has 92 valence electrons. The van der Waals surface area contributed by atoms with Crippen LogP contribution in [0.15, 0.2) is 11.4 Å². The van der Waals surface area contributed by atoms with Gasteiger partial charge in [0.25, 0.3) is 0 Å². The van der Waals surface area contributed by atoms with Gasteiger partial charge in [-0.05, 0) is 12.2 Å². The summed E-state index contributed by atoms with van der Waals surface area (Å²) in [4.78, 5) is 22.2. The van der Waals surface area contributed by atoms with Crippen LogP contribution < -0.4 is 10.2 Å². The maximum absolute atomic E-state index is 11.8. The van der Waals surface area contributed by atoms with E-state index in [2.05, 4.69) is 29.1 Å². The molecule has 0 saturated carbocycles. The molecule has 17 heavy (non-hydrogen) atoms. The SMILES string of the molecule is CSc1ncc2c(n1)N(CC(C)C)C(=O)NC2. The first-order valence-electron chi connectivity index (χ1n) is 5.57. The van der Waals surface area contributed by atoms with Gasteiger partial charge in [-0.15, -0.1) is 0 Å². The molecule has 5 nitrogen and oxygen atoms in total. The van der Waals surface area contributed by atoms with Crippen molar-refractivity contribution >= 4 is 23.6 Å². The molecule has 0 aliphatic carbocycles. The molecule has 1 aromatic heterocycles. The van der Waals surface area contributed by atoms with Crippen molar-refractivity contribution in [2.24, 2.45) is 5.92 Å². The van der Waals surface area contributed by atoms with Crippen LogP contribution in [0, 0.1) is 5.92 Å². The van der Waals surface area contributed by atoms with Gasteiger partial charge in [0, 0.05) is 24.8 Å². The Kier molecular flexibility index (Phi) is 3.51. The third-order valence-corrected chi connectivity index (χ3v) is 3.04. The third-order valence-electron chi connectivity index (χ3n) is 2.48. The second-order valence-corrected chi connectivity index (χ2v) is 5.14. The van der Waals surface area contributed by atoms with Gasteiger partial charge in [0.1, 0.15) is 5.82 Å². The predicted molar refractivity (Wildman–Crippen MR) is 68.2 cm³/mol. The number of nitrogens with one attached hydrogen (secondary N) is 1. The lowest BCUT2D eigenvalue weighted by Crippen LogP contribution is -2.46. The van der Waals surface area contributed by atoms with Gasteiger partial charge in [0.2, 0.25) is 0 Å². The van der Waals surface area contributed by atoms with E-state index in [1.807, 2.05) is 6.26 Å². The van der Waals surface area contributed by atoms with E-state index in [1.165, 1.54) is 11.8 Å². The van der Waals surface area contributed by atoms with E-state index < -0.39 is 0 Å². The number of hydrogen-bond acceptors (Lipinski definition) is 4. The number of carbonyl (C=O) groups is 1. The Morgan fingerprint density at radius 2 is 2.35 bits per heavy atom. The molecule has 1 aliphatic rings. The summed E-state index contributed by atoms with van der Waals surface area (Å²) in [7, 11) is 0. The average molecular weight is 252 g/mol. The van der Waals surface area contributed by atoms with Crippen molar-refractivity contribution in [3.05, 3.63) is 11.8 Å². The first-order valence-corrected chi connectivity index (χ1v) is 6.79. The van der Waals surface area contributed by atoms with Crippen molar-refractivity contribution in [2.45, 2.75) is 25.5 Å². The lowest BCUT2D eigenvalue weighted by Gasteiger charge is -2.29. The molecule has 0 radical (unpaired) electrons. The molecule has 2 rings (SSSR count). The standard InChI is InChI=1S/C11H16N4OS/c1-7(2)6-15-9-8(5-13-11(15)16)4-12-10(14-9)17-3/h4,7H,5-6H2,1-3H3,(H,13,16). The molecular weight excluding hydrogens is 236 g/mol. The number of amides is 2. The second-order valence-electron chi connectivity index (χ2n) is 4.37. The van der Waals surface area contributed by atoms with Crippen LogP contribution in [0.25, 0.3) is 0 Å².